The number of aliphatic hydroxyl groups excluding tert-OH is 1. The van der Waals surface area contributed by atoms with E-state index in [1.165, 1.54) is 0 Å². The van der Waals surface area contributed by atoms with Crippen molar-refractivity contribution in [3.05, 3.63) is 29.8 Å². The summed E-state index contributed by atoms with van der Waals surface area (Å²) in [4.78, 5) is 14.1. The molecular weight excluding hydrogens is 280 g/mol. The average molecular weight is 306 g/mol. The molecule has 0 saturated carbocycles. The van der Waals surface area contributed by atoms with Crippen LogP contribution in [0, 0.1) is 5.92 Å². The van der Waals surface area contributed by atoms with Crippen molar-refractivity contribution in [2.24, 2.45) is 5.92 Å². The molecule has 1 fully saturated rings. The quantitative estimate of drug-likeness (QED) is 0.877. The van der Waals surface area contributed by atoms with Crippen molar-refractivity contribution in [3.63, 3.8) is 0 Å². The summed E-state index contributed by atoms with van der Waals surface area (Å²) >= 11 is 0. The van der Waals surface area contributed by atoms with Gasteiger partial charge in [-0.05, 0) is 30.4 Å². The third kappa shape index (κ3) is 4.13. The molecule has 0 aromatic heterocycles. The molecule has 5 nitrogen and oxygen atoms in total. The number of hydrogen-bond donors (Lipinski definition) is 2. The Labute approximate surface area is 132 Å². The molecule has 2 unspecified atom stereocenters. The summed E-state index contributed by atoms with van der Waals surface area (Å²) in [6.45, 7) is 4.21. The van der Waals surface area contributed by atoms with E-state index in [1.807, 2.05) is 24.3 Å². The molecule has 2 N–H and O–H groups in total. The normalized spacial score (nSPS) is 19.6. The summed E-state index contributed by atoms with van der Waals surface area (Å²) in [6, 6.07) is 7.84. The monoisotopic (exact) mass is 306 g/mol. The summed E-state index contributed by atoms with van der Waals surface area (Å²) in [5.41, 5.74) is 1.09. The minimum atomic E-state index is -0.0418. The average Bonchev–Trinajstić information content (AvgIpc) is 2.59. The van der Waals surface area contributed by atoms with Crippen LogP contribution in [0.5, 0.6) is 5.75 Å². The van der Waals surface area contributed by atoms with Crippen LogP contribution in [0.1, 0.15) is 31.2 Å². The Morgan fingerprint density at radius 3 is 3.00 bits per heavy atom. The summed E-state index contributed by atoms with van der Waals surface area (Å²) < 4.78 is 5.37. The zero-order valence-corrected chi connectivity index (χ0v) is 13.4. The predicted molar refractivity (Wildman–Crippen MR) is 86.2 cm³/mol. The lowest BCUT2D eigenvalue weighted by Crippen LogP contribution is -2.46. The van der Waals surface area contributed by atoms with Crippen molar-refractivity contribution in [1.29, 1.82) is 0 Å². The summed E-state index contributed by atoms with van der Waals surface area (Å²) in [5.74, 6) is 1.24. The Morgan fingerprint density at radius 2 is 2.27 bits per heavy atom. The van der Waals surface area contributed by atoms with Crippen molar-refractivity contribution >= 4 is 6.03 Å². The van der Waals surface area contributed by atoms with Crippen LogP contribution in [0.15, 0.2) is 24.3 Å². The number of rotatable bonds is 5. The molecule has 5 heteroatoms. The van der Waals surface area contributed by atoms with Crippen LogP contribution in [0.3, 0.4) is 0 Å². The largest absolute Gasteiger partial charge is 0.496 e. The Bertz CT molecular complexity index is 493. The van der Waals surface area contributed by atoms with Crippen LogP contribution < -0.4 is 10.1 Å². The number of nitrogens with one attached hydrogen (secondary N) is 1. The molecule has 0 radical (unpaired) electrons. The van der Waals surface area contributed by atoms with Crippen molar-refractivity contribution in [2.75, 3.05) is 33.4 Å². The topological polar surface area (TPSA) is 61.8 Å². The van der Waals surface area contributed by atoms with Crippen molar-refractivity contribution in [1.82, 2.24) is 10.2 Å². The first kappa shape index (κ1) is 16.6. The van der Waals surface area contributed by atoms with E-state index in [-0.39, 0.29) is 24.5 Å². The van der Waals surface area contributed by atoms with Crippen LogP contribution >= 0.6 is 0 Å². The number of methoxy groups -OCH3 is 1. The van der Waals surface area contributed by atoms with E-state index in [4.69, 9.17) is 4.74 Å². The number of aliphatic hydroxyl groups is 1. The second-order valence-electron chi connectivity index (χ2n) is 5.97. The first-order valence-electron chi connectivity index (χ1n) is 7.92. The molecule has 0 bridgehead atoms. The maximum Gasteiger partial charge on any atom is 0.317 e. The van der Waals surface area contributed by atoms with E-state index in [1.54, 1.807) is 12.0 Å². The molecule has 1 saturated heterocycles. The van der Waals surface area contributed by atoms with Crippen LogP contribution in [0.4, 0.5) is 4.79 Å². The predicted octanol–water partition coefficient (Wildman–Crippen LogP) is 2.21. The summed E-state index contributed by atoms with van der Waals surface area (Å²) in [7, 11) is 1.66. The van der Waals surface area contributed by atoms with Gasteiger partial charge in [0.2, 0.25) is 0 Å². The highest BCUT2D eigenvalue weighted by Gasteiger charge is 2.23. The number of urea groups is 1. The zero-order valence-electron chi connectivity index (χ0n) is 13.4. The van der Waals surface area contributed by atoms with E-state index in [2.05, 4.69) is 12.2 Å². The lowest BCUT2D eigenvalue weighted by Gasteiger charge is -2.32. The van der Waals surface area contributed by atoms with Gasteiger partial charge in [0.05, 0.1) is 7.11 Å². The third-order valence-corrected chi connectivity index (χ3v) is 4.29. The second kappa shape index (κ2) is 8.03. The van der Waals surface area contributed by atoms with Crippen LogP contribution in [0.2, 0.25) is 0 Å². The van der Waals surface area contributed by atoms with Crippen molar-refractivity contribution in [2.45, 2.75) is 25.7 Å². The first-order valence-corrected chi connectivity index (χ1v) is 7.92. The molecule has 1 heterocycles. The van der Waals surface area contributed by atoms with Crippen molar-refractivity contribution < 1.29 is 14.6 Å². The maximum absolute atomic E-state index is 12.3. The van der Waals surface area contributed by atoms with Gasteiger partial charge in [-0.1, -0.05) is 25.1 Å². The van der Waals surface area contributed by atoms with E-state index >= 15 is 0 Å². The van der Waals surface area contributed by atoms with E-state index in [9.17, 15) is 9.90 Å². The number of likely N-dealkylation sites (tertiary alicyclic amines) is 1. The fraction of sp³-hybridized carbons (Fsp3) is 0.588. The molecule has 2 amide bonds. The van der Waals surface area contributed by atoms with E-state index in [0.29, 0.717) is 13.1 Å². The minimum absolute atomic E-state index is 0.0418. The fourth-order valence-electron chi connectivity index (χ4n) is 2.93. The molecule has 1 aromatic carbocycles. The van der Waals surface area contributed by atoms with E-state index in [0.717, 1.165) is 30.7 Å². The van der Waals surface area contributed by atoms with Gasteiger partial charge in [-0.2, -0.15) is 0 Å². The Morgan fingerprint density at radius 1 is 1.50 bits per heavy atom. The molecule has 122 valence electrons. The number of carbonyl (C=O) groups is 1. The number of nitrogens with zero attached hydrogens (tertiary/aromatic N) is 1. The van der Waals surface area contributed by atoms with Gasteiger partial charge in [0.25, 0.3) is 0 Å². The van der Waals surface area contributed by atoms with Crippen LogP contribution in [0.25, 0.3) is 0 Å². The highest BCUT2D eigenvalue weighted by Crippen LogP contribution is 2.25. The molecular formula is C17H26N2O3. The zero-order chi connectivity index (χ0) is 15.9. The molecule has 2 atom stereocenters. The Hall–Kier alpha value is -1.75. The second-order valence-corrected chi connectivity index (χ2v) is 5.97. The van der Waals surface area contributed by atoms with Gasteiger partial charge >= 0.3 is 6.03 Å². The smallest absolute Gasteiger partial charge is 0.317 e. The lowest BCUT2D eigenvalue weighted by molar-refractivity contribution is 0.129. The summed E-state index contributed by atoms with van der Waals surface area (Å²) in [6.07, 6.45) is 1.96. The van der Waals surface area contributed by atoms with Gasteiger partial charge in [-0.25, -0.2) is 4.79 Å². The number of piperidine rings is 1. The van der Waals surface area contributed by atoms with Gasteiger partial charge in [-0.3, -0.25) is 0 Å². The molecule has 0 aliphatic carbocycles. The fourth-order valence-corrected chi connectivity index (χ4v) is 2.93. The molecule has 2 rings (SSSR count). The maximum atomic E-state index is 12.3. The molecule has 1 aliphatic rings. The Balaban J connectivity index is 1.87. The van der Waals surface area contributed by atoms with E-state index < -0.39 is 0 Å². The molecule has 1 aromatic rings. The highest BCUT2D eigenvalue weighted by atomic mass is 16.5. The third-order valence-electron chi connectivity index (χ3n) is 4.29. The summed E-state index contributed by atoms with van der Waals surface area (Å²) in [5, 5.41) is 12.2. The van der Waals surface area contributed by atoms with Gasteiger partial charge in [0, 0.05) is 32.2 Å². The molecule has 0 spiro atoms. The molecule has 22 heavy (non-hydrogen) atoms. The van der Waals surface area contributed by atoms with Crippen LogP contribution in [-0.4, -0.2) is 49.4 Å². The first-order chi connectivity index (χ1) is 10.7. The number of amides is 2. The van der Waals surface area contributed by atoms with Gasteiger partial charge in [0.1, 0.15) is 5.75 Å². The molecule has 1 aliphatic heterocycles. The lowest BCUT2D eigenvalue weighted by atomic mass is 9.99. The van der Waals surface area contributed by atoms with Gasteiger partial charge in [-0.15, -0.1) is 0 Å². The number of ether oxygens (including phenoxy) is 1. The number of benzene rings is 1. The van der Waals surface area contributed by atoms with Crippen LogP contribution in [-0.2, 0) is 0 Å². The number of hydrogen-bond acceptors (Lipinski definition) is 3. The van der Waals surface area contributed by atoms with Crippen molar-refractivity contribution in [3.8, 4) is 5.75 Å². The van der Waals surface area contributed by atoms with Gasteiger partial charge in [0.15, 0.2) is 0 Å². The Kier molecular flexibility index (Phi) is 6.07. The highest BCUT2D eigenvalue weighted by molar-refractivity contribution is 5.74. The number of para-hydroxylation sites is 1. The minimum Gasteiger partial charge on any atom is -0.496 e. The van der Waals surface area contributed by atoms with Gasteiger partial charge < -0.3 is 20.1 Å². The number of carbonyl (C=O) groups excluding carboxylic acids is 1. The standard InChI is InChI=1S/C17H26N2O3/c1-13(15-7-3-4-8-16(15)22-2)10-18-17(21)19-9-5-6-14(11-19)12-20/h3-4,7-8,13-14,20H,5-6,9-12H2,1-2H3,(H,18,21). The SMILES string of the molecule is COc1ccccc1C(C)CNC(=O)N1CCCC(CO)C1.